The van der Waals surface area contributed by atoms with Crippen LogP contribution in [0.15, 0.2) is 24.7 Å². The second-order valence-electron chi connectivity index (χ2n) is 4.71. The lowest BCUT2D eigenvalue weighted by atomic mass is 10.2. The monoisotopic (exact) mass is 360 g/mol. The number of hydrogen-bond donors (Lipinski definition) is 2. The van der Waals surface area contributed by atoms with Gasteiger partial charge in [-0.25, -0.2) is 9.50 Å². The first-order valence-corrected chi connectivity index (χ1v) is 7.18. The fraction of sp³-hybridized carbons (Fsp3) is 0.133. The lowest BCUT2D eigenvalue weighted by molar-refractivity contribution is 0.0963. The number of nitriles is 1. The Morgan fingerprint density at radius 1 is 1.52 bits per heavy atom. The fourth-order valence-electron chi connectivity index (χ4n) is 2.25. The van der Waals surface area contributed by atoms with Crippen molar-refractivity contribution < 1.29 is 13.6 Å². The smallest absolute Gasteiger partial charge is 0.256 e. The minimum atomic E-state index is -2.69. The maximum atomic E-state index is 12.3. The van der Waals surface area contributed by atoms with E-state index in [0.717, 1.165) is 6.20 Å². The molecule has 25 heavy (non-hydrogen) atoms. The number of ether oxygens (including phenoxy) is 1. The van der Waals surface area contributed by atoms with Gasteiger partial charge in [0.05, 0.1) is 19.0 Å². The highest BCUT2D eigenvalue weighted by Crippen LogP contribution is 2.34. The van der Waals surface area contributed by atoms with Crippen molar-refractivity contribution in [1.29, 1.82) is 5.26 Å². The van der Waals surface area contributed by atoms with Crippen molar-refractivity contribution in [3.63, 3.8) is 0 Å². The van der Waals surface area contributed by atoms with Gasteiger partial charge in [-0.05, 0) is 17.7 Å². The molecule has 0 spiro atoms. The first-order chi connectivity index (χ1) is 13.2. The number of carbonyl (C=O) groups excluding carboxylic acids is 1. The van der Waals surface area contributed by atoms with Crippen molar-refractivity contribution in [2.45, 2.75) is 0 Å². The topological polar surface area (TPSA) is 117 Å². The number of halogens is 1. The number of anilines is 2. The molecule has 0 saturated carbocycles. The van der Waals surface area contributed by atoms with E-state index in [9.17, 15) is 10.1 Å². The molecule has 0 bridgehead atoms. The molecule has 0 saturated heterocycles. The van der Waals surface area contributed by atoms with Crippen LogP contribution in [0.5, 0.6) is 5.75 Å². The molecule has 0 unspecified atom stereocenters. The number of fused-ring (bicyclic) bond motifs is 1. The van der Waals surface area contributed by atoms with Crippen LogP contribution in [-0.2, 0) is 0 Å². The van der Waals surface area contributed by atoms with E-state index in [4.69, 9.17) is 20.5 Å². The summed E-state index contributed by atoms with van der Waals surface area (Å²) in [5, 5.41) is 17.9. The van der Waals surface area contributed by atoms with Crippen molar-refractivity contribution >= 4 is 34.5 Å². The highest BCUT2D eigenvalue weighted by atomic mass is 35.5. The number of methoxy groups -OCH3 is 1. The minimum Gasteiger partial charge on any atom is -0.492 e. The Morgan fingerprint density at radius 3 is 3.08 bits per heavy atom. The first kappa shape index (κ1) is 13.0. The Bertz CT molecular complexity index is 1110. The quantitative estimate of drug-likeness (QED) is 0.680. The molecule has 0 atom stereocenters. The van der Waals surface area contributed by atoms with Gasteiger partial charge in [0, 0.05) is 23.5 Å². The minimum absolute atomic E-state index is 0.0394. The first-order valence-electron chi connectivity index (χ1n) is 8.30. The number of rotatable bonds is 4. The third kappa shape index (κ3) is 2.90. The second kappa shape index (κ2) is 6.62. The molecule has 3 heterocycles. The van der Waals surface area contributed by atoms with Crippen LogP contribution in [0, 0.1) is 11.3 Å². The Labute approximate surface area is 151 Å². The second-order valence-corrected chi connectivity index (χ2v) is 5.04. The zero-order chi connectivity index (χ0) is 20.5. The molecule has 126 valence electrons. The molecule has 0 aromatic carbocycles. The van der Waals surface area contributed by atoms with Crippen LogP contribution in [0.25, 0.3) is 5.52 Å². The number of aromatic nitrogens is 4. The molecule has 10 heteroatoms. The summed E-state index contributed by atoms with van der Waals surface area (Å²) in [6.07, 6.45) is 4.06. The largest absolute Gasteiger partial charge is 0.492 e. The van der Waals surface area contributed by atoms with E-state index in [0.29, 0.717) is 11.2 Å². The number of pyridine rings is 1. The van der Waals surface area contributed by atoms with E-state index in [-0.39, 0.29) is 28.0 Å². The van der Waals surface area contributed by atoms with Crippen LogP contribution >= 0.6 is 11.6 Å². The average Bonchev–Trinajstić information content (AvgIpc) is 3.03. The van der Waals surface area contributed by atoms with Gasteiger partial charge in [-0.2, -0.15) is 15.3 Å². The van der Waals surface area contributed by atoms with E-state index in [2.05, 4.69) is 20.4 Å². The number of hydrogen-bond acceptors (Lipinski definition) is 7. The predicted octanol–water partition coefficient (Wildman–Crippen LogP) is 1.76. The molecule has 0 fully saturated rings. The van der Waals surface area contributed by atoms with Gasteiger partial charge in [-0.15, -0.1) is 0 Å². The summed E-state index contributed by atoms with van der Waals surface area (Å²) >= 11 is 5.83. The third-order valence-corrected chi connectivity index (χ3v) is 3.51. The lowest BCUT2D eigenvalue weighted by Gasteiger charge is -2.14. The van der Waals surface area contributed by atoms with E-state index in [1.165, 1.54) is 17.8 Å². The summed E-state index contributed by atoms with van der Waals surface area (Å²) in [6, 6.07) is 3.60. The van der Waals surface area contributed by atoms with Crippen LogP contribution < -0.4 is 15.4 Å². The Morgan fingerprint density at radius 2 is 2.36 bits per heavy atom. The van der Waals surface area contributed by atoms with Gasteiger partial charge in [0.1, 0.15) is 28.5 Å². The summed E-state index contributed by atoms with van der Waals surface area (Å²) in [7, 11) is 1.41. The molecule has 3 aromatic heterocycles. The fourth-order valence-corrected chi connectivity index (χ4v) is 2.39. The van der Waals surface area contributed by atoms with Gasteiger partial charge >= 0.3 is 0 Å². The van der Waals surface area contributed by atoms with E-state index < -0.39 is 12.9 Å². The van der Waals surface area contributed by atoms with Crippen LogP contribution in [0.1, 0.15) is 20.0 Å². The third-order valence-electron chi connectivity index (χ3n) is 3.33. The van der Waals surface area contributed by atoms with Gasteiger partial charge in [0.2, 0.25) is 5.28 Å². The van der Waals surface area contributed by atoms with Crippen LogP contribution in [-0.4, -0.2) is 39.6 Å². The number of nitrogens with zero attached hydrogens (tertiary/aromatic N) is 5. The molecule has 0 radical (unpaired) electrons. The van der Waals surface area contributed by atoms with Crippen LogP contribution in [0.3, 0.4) is 0 Å². The van der Waals surface area contributed by atoms with Gasteiger partial charge in [-0.3, -0.25) is 4.79 Å². The maximum Gasteiger partial charge on any atom is 0.256 e. The summed E-state index contributed by atoms with van der Waals surface area (Å²) in [5.74, 6) is -0.683. The van der Waals surface area contributed by atoms with Crippen molar-refractivity contribution in [2.75, 3.05) is 19.4 Å². The molecular formula is C15H12ClN7O2. The van der Waals surface area contributed by atoms with Crippen LogP contribution in [0.4, 0.5) is 11.5 Å². The summed E-state index contributed by atoms with van der Waals surface area (Å²) in [6.45, 7) is -2.69. The average molecular weight is 361 g/mol. The standard InChI is InChI=1S/C15H12ClN7O2/c1-18-14(24)9-7-19-15(16)22-13(9)21-10-3-4-23-11(12(10)25-2)8(5-17)6-20-23/h3-4,6-7H,1-2H3,(H,18,24)(H,19,21,22)/i1D3. The normalized spacial score (nSPS) is 12.6. The molecule has 0 aliphatic rings. The molecule has 9 nitrogen and oxygen atoms in total. The SMILES string of the molecule is [2H]C([2H])([2H])NC(=O)c1cnc(Cl)nc1Nc1ccn2ncc(C#N)c2c1OC. The number of amides is 1. The molecule has 0 aliphatic heterocycles. The maximum absolute atomic E-state index is 12.3. The molecular weight excluding hydrogens is 346 g/mol. The molecule has 1 amide bonds. The van der Waals surface area contributed by atoms with Crippen molar-refractivity contribution in [2.24, 2.45) is 0 Å². The number of nitrogens with one attached hydrogen (secondary N) is 2. The van der Waals surface area contributed by atoms with Crippen molar-refractivity contribution in [1.82, 2.24) is 24.9 Å². The van der Waals surface area contributed by atoms with Crippen molar-refractivity contribution in [3.05, 3.63) is 41.1 Å². The highest BCUT2D eigenvalue weighted by molar-refractivity contribution is 6.28. The van der Waals surface area contributed by atoms with Crippen molar-refractivity contribution in [3.8, 4) is 11.8 Å². The van der Waals surface area contributed by atoms with E-state index in [1.54, 1.807) is 12.3 Å². The Hall–Kier alpha value is -3.38. The highest BCUT2D eigenvalue weighted by Gasteiger charge is 2.18. The van der Waals surface area contributed by atoms with E-state index >= 15 is 0 Å². The van der Waals surface area contributed by atoms with E-state index in [1.807, 2.05) is 11.4 Å². The summed E-state index contributed by atoms with van der Waals surface area (Å²) < 4.78 is 28.4. The zero-order valence-corrected chi connectivity index (χ0v) is 13.5. The summed E-state index contributed by atoms with van der Waals surface area (Å²) in [4.78, 5) is 20.0. The number of carbonyl (C=O) groups is 1. The zero-order valence-electron chi connectivity index (χ0n) is 15.7. The Balaban J connectivity index is 2.08. The molecule has 3 aromatic rings. The predicted molar refractivity (Wildman–Crippen MR) is 90.2 cm³/mol. The van der Waals surface area contributed by atoms with Gasteiger partial charge in [-0.1, -0.05) is 0 Å². The van der Waals surface area contributed by atoms with Gasteiger partial charge < -0.3 is 15.4 Å². The molecule has 2 N–H and O–H groups in total. The van der Waals surface area contributed by atoms with Crippen LogP contribution in [0.2, 0.25) is 5.28 Å². The molecule has 0 aliphatic carbocycles. The Kier molecular flexibility index (Phi) is 3.44. The van der Waals surface area contributed by atoms with Gasteiger partial charge in [0.15, 0.2) is 5.75 Å². The lowest BCUT2D eigenvalue weighted by Crippen LogP contribution is -2.20. The summed E-state index contributed by atoms with van der Waals surface area (Å²) in [5.41, 5.74) is 0.895. The van der Waals surface area contributed by atoms with Gasteiger partial charge in [0.25, 0.3) is 5.91 Å². The molecule has 3 rings (SSSR count).